The van der Waals surface area contributed by atoms with Gasteiger partial charge in [-0.05, 0) is 57.5 Å². The van der Waals surface area contributed by atoms with Crippen LogP contribution in [0.15, 0.2) is 35.6 Å². The van der Waals surface area contributed by atoms with Crippen LogP contribution in [0, 0.1) is 11.7 Å². The molecule has 2 aromatic rings. The van der Waals surface area contributed by atoms with E-state index in [0.29, 0.717) is 44.0 Å². The number of ether oxygens (including phenoxy) is 1. The van der Waals surface area contributed by atoms with E-state index in [0.717, 1.165) is 38.5 Å². The number of aromatic nitrogens is 2. The summed E-state index contributed by atoms with van der Waals surface area (Å²) in [6.45, 7) is 2.60. The fourth-order valence-corrected chi connectivity index (χ4v) is 6.53. The summed E-state index contributed by atoms with van der Waals surface area (Å²) in [6.07, 6.45) is 7.21. The van der Waals surface area contributed by atoms with Crippen LogP contribution >= 0.6 is 0 Å². The van der Waals surface area contributed by atoms with Crippen LogP contribution in [0.3, 0.4) is 0 Å². The lowest BCUT2D eigenvalue weighted by molar-refractivity contribution is -0.136. The molecule has 10 heteroatoms. The molecule has 2 fully saturated rings. The zero-order chi connectivity index (χ0) is 25.7. The van der Waals surface area contributed by atoms with Gasteiger partial charge in [0.15, 0.2) is 0 Å². The van der Waals surface area contributed by atoms with Gasteiger partial charge in [-0.1, -0.05) is 25.0 Å². The predicted molar refractivity (Wildman–Crippen MR) is 134 cm³/mol. The fraction of sp³-hybridized carbons (Fsp3) is 0.615. The van der Waals surface area contributed by atoms with Crippen molar-refractivity contribution in [3.63, 3.8) is 0 Å². The van der Waals surface area contributed by atoms with Crippen molar-refractivity contribution in [3.8, 4) is 0 Å². The molecule has 0 N–H and O–H groups in total. The summed E-state index contributed by atoms with van der Waals surface area (Å²) >= 11 is 0. The monoisotopic (exact) mass is 520 g/mol. The van der Waals surface area contributed by atoms with Gasteiger partial charge in [0.1, 0.15) is 5.82 Å². The third-order valence-electron chi connectivity index (χ3n) is 7.05. The molecule has 1 aliphatic heterocycles. The number of carbonyl (C=O) groups excluding carboxylic acids is 1. The maximum absolute atomic E-state index is 13.4. The molecule has 8 nitrogen and oxygen atoms in total. The van der Waals surface area contributed by atoms with Crippen LogP contribution < -0.4 is 0 Å². The Kier molecular flexibility index (Phi) is 8.79. The van der Waals surface area contributed by atoms with Gasteiger partial charge in [0.25, 0.3) is 0 Å². The van der Waals surface area contributed by atoms with E-state index in [2.05, 4.69) is 4.98 Å². The van der Waals surface area contributed by atoms with Crippen molar-refractivity contribution < 1.29 is 22.3 Å². The number of sulfone groups is 1. The number of nitrogens with zero attached hydrogens (tertiary/aromatic N) is 4. The van der Waals surface area contributed by atoms with Crippen LogP contribution in [0.5, 0.6) is 0 Å². The van der Waals surface area contributed by atoms with Crippen molar-refractivity contribution in [2.45, 2.75) is 68.6 Å². The zero-order valence-corrected chi connectivity index (χ0v) is 22.1. The Labute approximate surface area is 213 Å². The minimum Gasteiger partial charge on any atom is -0.376 e. The van der Waals surface area contributed by atoms with Gasteiger partial charge in [0.2, 0.25) is 20.9 Å². The molecule has 2 heterocycles. The van der Waals surface area contributed by atoms with Crippen LogP contribution in [0.25, 0.3) is 0 Å². The van der Waals surface area contributed by atoms with Crippen LogP contribution in [-0.4, -0.2) is 73.6 Å². The quantitative estimate of drug-likeness (QED) is 0.452. The maximum Gasteiger partial charge on any atom is 0.228 e. The van der Waals surface area contributed by atoms with Gasteiger partial charge in [-0.25, -0.2) is 17.8 Å². The number of hydrogen-bond acceptors (Lipinski definition) is 6. The highest BCUT2D eigenvalue weighted by molar-refractivity contribution is 7.90. The first-order chi connectivity index (χ1) is 17.2. The highest BCUT2D eigenvalue weighted by Crippen LogP contribution is 2.28. The molecule has 0 radical (unpaired) electrons. The molecule has 0 spiro atoms. The van der Waals surface area contributed by atoms with E-state index in [1.54, 1.807) is 10.8 Å². The largest absolute Gasteiger partial charge is 0.376 e. The number of likely N-dealkylation sites (N-methyl/N-ethyl adjacent to an activating group) is 1. The summed E-state index contributed by atoms with van der Waals surface area (Å²) in [5.74, 6) is -0.526. The number of imidazole rings is 1. The van der Waals surface area contributed by atoms with Crippen LogP contribution in [0.1, 0.15) is 49.8 Å². The fourth-order valence-electron chi connectivity index (χ4n) is 5.03. The molecule has 36 heavy (non-hydrogen) atoms. The molecule has 4 rings (SSSR count). The summed E-state index contributed by atoms with van der Waals surface area (Å²) in [7, 11) is 0.132. The van der Waals surface area contributed by atoms with Gasteiger partial charge in [-0.3, -0.25) is 4.79 Å². The molecule has 198 valence electrons. The van der Waals surface area contributed by atoms with E-state index in [4.69, 9.17) is 4.74 Å². The summed E-state index contributed by atoms with van der Waals surface area (Å²) < 4.78 is 47.7. The Hall–Kier alpha value is -2.30. The lowest BCUT2D eigenvalue weighted by Gasteiger charge is -2.28. The summed E-state index contributed by atoms with van der Waals surface area (Å²) in [6, 6.07) is 5.47. The lowest BCUT2D eigenvalue weighted by atomic mass is 10.1. The molecule has 1 saturated heterocycles. The van der Waals surface area contributed by atoms with Gasteiger partial charge in [0, 0.05) is 25.6 Å². The first-order valence-corrected chi connectivity index (χ1v) is 14.4. The molecule has 1 aliphatic carbocycles. The maximum atomic E-state index is 13.4. The SMILES string of the molecule is CN(C)CCN(Cc1cnc(S(=O)(=O)Cc2ccc(F)cc2)n1C[C@H]1CCCO1)C(=O)C1CCCC1. The van der Waals surface area contributed by atoms with Crippen LogP contribution in [0.2, 0.25) is 0 Å². The van der Waals surface area contributed by atoms with E-state index in [1.807, 2.05) is 23.9 Å². The Bertz CT molecular complexity index is 1120. The number of rotatable bonds is 11. The van der Waals surface area contributed by atoms with E-state index >= 15 is 0 Å². The Balaban J connectivity index is 1.63. The van der Waals surface area contributed by atoms with Crippen molar-refractivity contribution in [1.29, 1.82) is 0 Å². The third-order valence-corrected chi connectivity index (χ3v) is 8.64. The first kappa shape index (κ1) is 26.8. The minimum atomic E-state index is -3.81. The third kappa shape index (κ3) is 6.72. The second kappa shape index (κ2) is 11.8. The van der Waals surface area contributed by atoms with Crippen molar-refractivity contribution >= 4 is 15.7 Å². The van der Waals surface area contributed by atoms with Gasteiger partial charge >= 0.3 is 0 Å². The summed E-state index contributed by atoms with van der Waals surface area (Å²) in [5.41, 5.74) is 1.18. The van der Waals surface area contributed by atoms with Crippen molar-refractivity contribution in [3.05, 3.63) is 47.5 Å². The zero-order valence-electron chi connectivity index (χ0n) is 21.2. The smallest absolute Gasteiger partial charge is 0.228 e. The van der Waals surface area contributed by atoms with E-state index in [-0.39, 0.29) is 28.8 Å². The van der Waals surface area contributed by atoms with E-state index in [1.165, 1.54) is 24.3 Å². The minimum absolute atomic E-state index is 0.0294. The Morgan fingerprint density at radius 3 is 2.47 bits per heavy atom. The number of benzene rings is 1. The molecule has 2 aliphatic rings. The first-order valence-electron chi connectivity index (χ1n) is 12.8. The standard InChI is InChI=1S/C26H37FN4O4S/c1-29(2)13-14-30(25(32)21-6-3-4-7-21)17-23-16-28-26(31(23)18-24-8-5-15-35-24)36(33,34)19-20-9-11-22(27)12-10-20/h9-12,16,21,24H,3-8,13-15,17-19H2,1-2H3/t24-/m1/s1. The highest BCUT2D eigenvalue weighted by Gasteiger charge is 2.31. The normalized spacial score (nSPS) is 18.8. The summed E-state index contributed by atoms with van der Waals surface area (Å²) in [4.78, 5) is 21.6. The topological polar surface area (TPSA) is 84.7 Å². The van der Waals surface area contributed by atoms with Crippen LogP contribution in [-0.2, 0) is 38.2 Å². The van der Waals surface area contributed by atoms with E-state index in [9.17, 15) is 17.6 Å². The molecule has 1 amide bonds. The lowest BCUT2D eigenvalue weighted by Crippen LogP contribution is -2.40. The summed E-state index contributed by atoms with van der Waals surface area (Å²) in [5, 5.41) is -0.0294. The number of hydrogen-bond donors (Lipinski definition) is 0. The van der Waals surface area contributed by atoms with Crippen molar-refractivity contribution in [2.75, 3.05) is 33.8 Å². The molecule has 1 atom stereocenters. The molecule has 1 aromatic carbocycles. The van der Waals surface area contributed by atoms with Crippen molar-refractivity contribution in [1.82, 2.24) is 19.4 Å². The number of amides is 1. The van der Waals surface area contributed by atoms with Gasteiger partial charge in [-0.15, -0.1) is 0 Å². The second-order valence-corrected chi connectivity index (χ2v) is 12.1. The molecule has 0 bridgehead atoms. The average molecular weight is 521 g/mol. The average Bonchev–Trinajstić information content (AvgIpc) is 3.61. The van der Waals surface area contributed by atoms with Crippen molar-refractivity contribution in [2.24, 2.45) is 5.92 Å². The van der Waals surface area contributed by atoms with Gasteiger partial charge < -0.3 is 19.1 Å². The van der Waals surface area contributed by atoms with E-state index < -0.39 is 15.7 Å². The molecule has 1 saturated carbocycles. The Morgan fingerprint density at radius 1 is 1.11 bits per heavy atom. The molecular weight excluding hydrogens is 483 g/mol. The molecule has 1 aromatic heterocycles. The number of halogens is 1. The molecular formula is C26H37FN4O4S. The second-order valence-electron chi connectivity index (χ2n) is 10.2. The highest BCUT2D eigenvalue weighted by atomic mass is 32.2. The van der Waals surface area contributed by atoms with Crippen LogP contribution in [0.4, 0.5) is 4.39 Å². The van der Waals surface area contributed by atoms with Gasteiger partial charge in [0.05, 0.1) is 36.8 Å². The molecule has 0 unspecified atom stereocenters. The number of carbonyl (C=O) groups is 1. The predicted octanol–water partition coefficient (Wildman–Crippen LogP) is 3.26. The van der Waals surface area contributed by atoms with Gasteiger partial charge in [-0.2, -0.15) is 0 Å². The Morgan fingerprint density at radius 2 is 1.83 bits per heavy atom.